The lowest BCUT2D eigenvalue weighted by Gasteiger charge is -2.26. The molecule has 0 unspecified atom stereocenters. The third-order valence-corrected chi connectivity index (χ3v) is 5.91. The van der Waals surface area contributed by atoms with Crippen LogP contribution in [0.2, 0.25) is 5.02 Å². The van der Waals surface area contributed by atoms with Crippen LogP contribution in [0.4, 0.5) is 5.69 Å². The molecule has 0 saturated carbocycles. The van der Waals surface area contributed by atoms with E-state index in [1.807, 2.05) is 6.07 Å². The van der Waals surface area contributed by atoms with E-state index in [9.17, 15) is 8.42 Å². The number of methoxy groups -OCH3 is 1. The van der Waals surface area contributed by atoms with Crippen molar-refractivity contribution < 1.29 is 13.2 Å². The van der Waals surface area contributed by atoms with Crippen molar-refractivity contribution in [2.75, 3.05) is 11.4 Å². The van der Waals surface area contributed by atoms with Crippen molar-refractivity contribution in [1.29, 1.82) is 0 Å². The molecule has 0 bridgehead atoms. The number of anilines is 1. The van der Waals surface area contributed by atoms with Crippen molar-refractivity contribution in [3.05, 3.63) is 89.4 Å². The van der Waals surface area contributed by atoms with E-state index >= 15 is 0 Å². The van der Waals surface area contributed by atoms with Gasteiger partial charge in [0, 0.05) is 5.02 Å². The van der Waals surface area contributed by atoms with Crippen molar-refractivity contribution in [2.24, 2.45) is 0 Å². The van der Waals surface area contributed by atoms with Gasteiger partial charge in [-0.05, 0) is 42.0 Å². The molecule has 0 heterocycles. The Labute approximate surface area is 158 Å². The van der Waals surface area contributed by atoms with Gasteiger partial charge in [0.25, 0.3) is 10.0 Å². The van der Waals surface area contributed by atoms with Gasteiger partial charge in [-0.3, -0.25) is 4.31 Å². The lowest BCUT2D eigenvalue weighted by molar-refractivity contribution is 0.415. The van der Waals surface area contributed by atoms with E-state index < -0.39 is 10.0 Å². The van der Waals surface area contributed by atoms with Gasteiger partial charge >= 0.3 is 0 Å². The molecular weight excluding hydrogens is 370 g/mol. The Balaban J connectivity index is 2.13. The maximum atomic E-state index is 13.3. The van der Waals surface area contributed by atoms with Crippen LogP contribution in [0.1, 0.15) is 5.56 Å². The molecule has 0 fully saturated rings. The summed E-state index contributed by atoms with van der Waals surface area (Å²) in [5.74, 6) is 0.481. The zero-order valence-corrected chi connectivity index (χ0v) is 15.7. The highest BCUT2D eigenvalue weighted by Gasteiger charge is 2.27. The number of benzene rings is 3. The molecule has 4 nitrogen and oxygen atoms in total. The first-order valence-corrected chi connectivity index (χ1v) is 9.79. The molecule has 0 radical (unpaired) electrons. The lowest BCUT2D eigenvalue weighted by atomic mass is 10.2. The third-order valence-electron chi connectivity index (χ3n) is 3.90. The fourth-order valence-electron chi connectivity index (χ4n) is 2.66. The van der Waals surface area contributed by atoms with E-state index in [0.29, 0.717) is 16.5 Å². The van der Waals surface area contributed by atoms with E-state index in [0.717, 1.165) is 5.56 Å². The van der Waals surface area contributed by atoms with Crippen LogP contribution in [-0.4, -0.2) is 15.5 Å². The number of para-hydroxylation sites is 2. The summed E-state index contributed by atoms with van der Waals surface area (Å²) >= 11 is 6.07. The first-order chi connectivity index (χ1) is 12.5. The molecule has 0 atom stereocenters. The summed E-state index contributed by atoms with van der Waals surface area (Å²) in [5.41, 5.74) is 1.25. The first kappa shape index (κ1) is 18.3. The Kier molecular flexibility index (Phi) is 5.49. The summed E-state index contributed by atoms with van der Waals surface area (Å²) in [7, 11) is -2.27. The molecule has 3 aromatic rings. The minimum atomic E-state index is -3.79. The number of halogens is 1. The molecule has 3 rings (SSSR count). The van der Waals surface area contributed by atoms with Gasteiger partial charge in [0.2, 0.25) is 0 Å². The number of hydrogen-bond donors (Lipinski definition) is 0. The van der Waals surface area contributed by atoms with Gasteiger partial charge in [-0.1, -0.05) is 54.1 Å². The largest absolute Gasteiger partial charge is 0.495 e. The third kappa shape index (κ3) is 3.84. The van der Waals surface area contributed by atoms with E-state index in [4.69, 9.17) is 16.3 Å². The summed E-state index contributed by atoms with van der Waals surface area (Å²) in [6, 6.07) is 22.5. The Morgan fingerprint density at radius 2 is 1.62 bits per heavy atom. The molecule has 0 spiro atoms. The van der Waals surface area contributed by atoms with Gasteiger partial charge in [0.1, 0.15) is 5.75 Å². The van der Waals surface area contributed by atoms with Gasteiger partial charge in [-0.15, -0.1) is 0 Å². The number of nitrogens with zero attached hydrogens (tertiary/aromatic N) is 1. The van der Waals surface area contributed by atoms with Gasteiger partial charge in [-0.25, -0.2) is 8.42 Å². The van der Waals surface area contributed by atoms with Crippen molar-refractivity contribution >= 4 is 27.3 Å². The first-order valence-electron chi connectivity index (χ1n) is 7.97. The van der Waals surface area contributed by atoms with Crippen molar-refractivity contribution in [2.45, 2.75) is 11.4 Å². The standard InChI is InChI=1S/C20H18ClNO3S/c1-25-20-13-6-5-12-19(20)22(15-16-8-7-9-17(21)14-16)26(23,24)18-10-3-2-4-11-18/h2-14H,15H2,1H3. The zero-order chi connectivity index (χ0) is 18.6. The maximum Gasteiger partial charge on any atom is 0.264 e. The van der Waals surface area contributed by atoms with Crippen molar-refractivity contribution in [3.63, 3.8) is 0 Å². The van der Waals surface area contributed by atoms with E-state index in [1.165, 1.54) is 11.4 Å². The van der Waals surface area contributed by atoms with Crippen LogP contribution in [0, 0.1) is 0 Å². The molecule has 0 N–H and O–H groups in total. The molecule has 0 aliphatic carbocycles. The SMILES string of the molecule is COc1ccccc1N(Cc1cccc(Cl)c1)S(=O)(=O)c1ccccc1. The van der Waals surface area contributed by atoms with Gasteiger partial charge < -0.3 is 4.74 Å². The van der Waals surface area contributed by atoms with Crippen LogP contribution in [0.5, 0.6) is 5.75 Å². The molecular formula is C20H18ClNO3S. The second kappa shape index (κ2) is 7.81. The smallest absolute Gasteiger partial charge is 0.264 e. The monoisotopic (exact) mass is 387 g/mol. The molecule has 6 heteroatoms. The van der Waals surface area contributed by atoms with Crippen molar-refractivity contribution in [1.82, 2.24) is 0 Å². The van der Waals surface area contributed by atoms with Crippen LogP contribution in [0.15, 0.2) is 83.8 Å². The zero-order valence-electron chi connectivity index (χ0n) is 14.2. The second-order valence-electron chi connectivity index (χ2n) is 5.63. The highest BCUT2D eigenvalue weighted by atomic mass is 35.5. The number of ether oxygens (including phenoxy) is 1. The maximum absolute atomic E-state index is 13.3. The van der Waals surface area contributed by atoms with E-state index in [2.05, 4.69) is 0 Å². The number of sulfonamides is 1. The normalized spacial score (nSPS) is 11.2. The summed E-state index contributed by atoms with van der Waals surface area (Å²) in [4.78, 5) is 0.216. The van der Waals surface area contributed by atoms with Gasteiger partial charge in [0.05, 0.1) is 24.2 Å². The van der Waals surface area contributed by atoms with Crippen LogP contribution in [0.25, 0.3) is 0 Å². The molecule has 0 amide bonds. The van der Waals surface area contributed by atoms with E-state index in [-0.39, 0.29) is 11.4 Å². The lowest BCUT2D eigenvalue weighted by Crippen LogP contribution is -2.31. The molecule has 3 aromatic carbocycles. The van der Waals surface area contributed by atoms with Crippen LogP contribution in [0.3, 0.4) is 0 Å². The molecule has 26 heavy (non-hydrogen) atoms. The van der Waals surface area contributed by atoms with Crippen LogP contribution in [-0.2, 0) is 16.6 Å². The molecule has 134 valence electrons. The Bertz CT molecular complexity index is 991. The summed E-state index contributed by atoms with van der Waals surface area (Å²) in [6.07, 6.45) is 0. The number of rotatable bonds is 6. The highest BCUT2D eigenvalue weighted by molar-refractivity contribution is 7.92. The Morgan fingerprint density at radius 1 is 0.923 bits per heavy atom. The minimum Gasteiger partial charge on any atom is -0.495 e. The molecule has 0 aliphatic heterocycles. The minimum absolute atomic E-state index is 0.137. The second-order valence-corrected chi connectivity index (χ2v) is 7.93. The summed E-state index contributed by atoms with van der Waals surface area (Å²) in [5, 5.41) is 0.555. The predicted octanol–water partition coefficient (Wildman–Crippen LogP) is 4.74. The topological polar surface area (TPSA) is 46.6 Å². The summed E-state index contributed by atoms with van der Waals surface area (Å²) in [6.45, 7) is 0.137. The summed E-state index contributed by atoms with van der Waals surface area (Å²) < 4.78 is 33.4. The fraction of sp³-hybridized carbons (Fsp3) is 0.100. The van der Waals surface area contributed by atoms with Gasteiger partial charge in [0.15, 0.2) is 0 Å². The van der Waals surface area contributed by atoms with Crippen molar-refractivity contribution in [3.8, 4) is 5.75 Å². The Morgan fingerprint density at radius 3 is 2.31 bits per heavy atom. The number of hydrogen-bond acceptors (Lipinski definition) is 3. The molecule has 0 saturated heterocycles. The fourth-order valence-corrected chi connectivity index (χ4v) is 4.35. The quantitative estimate of drug-likeness (QED) is 0.613. The average Bonchev–Trinajstić information content (AvgIpc) is 2.67. The van der Waals surface area contributed by atoms with Crippen LogP contribution >= 0.6 is 11.6 Å². The van der Waals surface area contributed by atoms with Gasteiger partial charge in [-0.2, -0.15) is 0 Å². The molecule has 0 aliphatic rings. The predicted molar refractivity (Wildman–Crippen MR) is 104 cm³/mol. The Hall–Kier alpha value is -2.50. The van der Waals surface area contributed by atoms with E-state index in [1.54, 1.807) is 72.8 Å². The molecule has 0 aromatic heterocycles. The highest BCUT2D eigenvalue weighted by Crippen LogP contribution is 2.33. The average molecular weight is 388 g/mol. The van der Waals surface area contributed by atoms with Crippen LogP contribution < -0.4 is 9.04 Å².